The fraction of sp³-hybridized carbons (Fsp3) is 0.261. The molecule has 12 nitrogen and oxygen atoms in total. The van der Waals surface area contributed by atoms with Crippen molar-refractivity contribution in [3.63, 3.8) is 0 Å². The summed E-state index contributed by atoms with van der Waals surface area (Å²) < 4.78 is 4.02. The number of hydrogen-bond donors (Lipinski definition) is 3. The molecule has 0 unspecified atom stereocenters. The van der Waals surface area contributed by atoms with Crippen LogP contribution in [0.2, 0.25) is 0 Å². The predicted octanol–water partition coefficient (Wildman–Crippen LogP) is 3.34. The first-order chi connectivity index (χ1) is 17.3. The zero-order valence-corrected chi connectivity index (χ0v) is 20.0. The fourth-order valence-corrected chi connectivity index (χ4v) is 4.60. The summed E-state index contributed by atoms with van der Waals surface area (Å²) in [7, 11) is 0. The minimum absolute atomic E-state index is 0.165. The van der Waals surface area contributed by atoms with Crippen LogP contribution in [0.3, 0.4) is 0 Å². The van der Waals surface area contributed by atoms with Gasteiger partial charge in [0.2, 0.25) is 5.52 Å². The minimum Gasteiger partial charge on any atom is -0.383 e. The van der Waals surface area contributed by atoms with E-state index in [0.717, 1.165) is 23.9 Å². The predicted molar refractivity (Wildman–Crippen MR) is 136 cm³/mol. The molecule has 1 fully saturated rings. The lowest BCUT2D eigenvalue weighted by atomic mass is 10.2. The first-order valence-corrected chi connectivity index (χ1v) is 12.1. The van der Waals surface area contributed by atoms with Crippen molar-refractivity contribution in [2.45, 2.75) is 26.2 Å². The van der Waals surface area contributed by atoms with Crippen LogP contribution >= 0.6 is 11.5 Å². The van der Waals surface area contributed by atoms with Gasteiger partial charge in [-0.1, -0.05) is 12.8 Å². The molecule has 184 valence electrons. The van der Waals surface area contributed by atoms with Crippen molar-refractivity contribution in [3.8, 4) is 0 Å². The van der Waals surface area contributed by atoms with Crippen molar-refractivity contribution in [2.24, 2.45) is 16.6 Å². The molecule has 0 bridgehead atoms. The number of nitrogens with one attached hydrogen (secondary N) is 2. The Morgan fingerprint density at radius 3 is 2.89 bits per heavy atom. The highest BCUT2D eigenvalue weighted by molar-refractivity contribution is 7.10. The Hall–Kier alpha value is -4.39. The first kappa shape index (κ1) is 23.4. The van der Waals surface area contributed by atoms with Gasteiger partial charge < -0.3 is 21.2 Å². The smallest absolute Gasteiger partial charge is 0.367 e. The molecule has 0 saturated heterocycles. The molecule has 4 N–H and O–H groups in total. The van der Waals surface area contributed by atoms with Crippen molar-refractivity contribution in [1.82, 2.24) is 18.9 Å². The number of carbonyl (C=O) groups is 1. The molecule has 36 heavy (non-hydrogen) atoms. The van der Waals surface area contributed by atoms with E-state index in [0.29, 0.717) is 33.8 Å². The molecule has 13 heteroatoms. The van der Waals surface area contributed by atoms with Crippen molar-refractivity contribution < 1.29 is 9.72 Å². The number of anilines is 2. The Balaban J connectivity index is 1.34. The molecule has 4 heterocycles. The van der Waals surface area contributed by atoms with Gasteiger partial charge in [0, 0.05) is 24.4 Å². The number of fused-ring (bicyclic) bond motifs is 1. The van der Waals surface area contributed by atoms with Crippen LogP contribution in [0.15, 0.2) is 46.4 Å². The second-order valence-corrected chi connectivity index (χ2v) is 9.39. The van der Waals surface area contributed by atoms with Crippen LogP contribution in [0.5, 0.6) is 0 Å². The number of aromatic nitrogens is 4. The molecule has 0 spiro atoms. The number of aliphatic imine (C=N–C) groups is 1. The Morgan fingerprint density at radius 2 is 2.19 bits per heavy atom. The Kier molecular flexibility index (Phi) is 6.06. The molecular weight excluding hydrogens is 484 g/mol. The summed E-state index contributed by atoms with van der Waals surface area (Å²) in [6.45, 7) is 2.15. The maximum absolute atomic E-state index is 13.1. The second-order valence-electron chi connectivity index (χ2n) is 8.57. The van der Waals surface area contributed by atoms with Crippen LogP contribution in [-0.4, -0.2) is 42.1 Å². The molecular formula is C23H22N8O4S. The number of amidine groups is 1. The number of nitrogens with two attached hydrogens (primary N) is 1. The van der Waals surface area contributed by atoms with Gasteiger partial charge in [0.05, 0.1) is 11.9 Å². The van der Waals surface area contributed by atoms with E-state index in [1.165, 1.54) is 29.8 Å². The number of hydrogen-bond acceptors (Lipinski definition) is 9. The third-order valence-electron chi connectivity index (χ3n) is 5.94. The van der Waals surface area contributed by atoms with Crippen molar-refractivity contribution in [1.29, 1.82) is 0 Å². The van der Waals surface area contributed by atoms with Gasteiger partial charge in [-0.2, -0.15) is 0 Å². The summed E-state index contributed by atoms with van der Waals surface area (Å²) in [5, 5.41) is 14.8. The number of rotatable bonds is 8. The van der Waals surface area contributed by atoms with Crippen LogP contribution in [0.1, 0.15) is 40.9 Å². The average Bonchev–Trinajstić information content (AvgIpc) is 3.48. The SMILES string of the molecule is Cc1cc2c(ccn2C(=O)c2ccc(Nc3s[nH]c(=O)c3C(N)=NCCC3CC3)cn2)nc1[N+](=O)[O-]. The molecule has 5 rings (SSSR count). The van der Waals surface area contributed by atoms with Crippen LogP contribution in [0.4, 0.5) is 16.5 Å². The van der Waals surface area contributed by atoms with E-state index in [1.54, 1.807) is 31.2 Å². The van der Waals surface area contributed by atoms with Gasteiger partial charge in [0.25, 0.3) is 11.5 Å². The number of nitro groups is 1. The second kappa shape index (κ2) is 9.34. The van der Waals surface area contributed by atoms with E-state index in [1.807, 2.05) is 0 Å². The topological polar surface area (TPSA) is 174 Å². The number of H-pyrrole nitrogens is 1. The highest BCUT2D eigenvalue weighted by Crippen LogP contribution is 2.32. The Labute approximate surface area is 208 Å². The van der Waals surface area contributed by atoms with E-state index < -0.39 is 10.8 Å². The molecule has 4 aromatic rings. The summed E-state index contributed by atoms with van der Waals surface area (Å²) >= 11 is 1.10. The lowest BCUT2D eigenvalue weighted by Crippen LogP contribution is -2.22. The van der Waals surface area contributed by atoms with Gasteiger partial charge in [-0.05, 0) is 58.9 Å². The zero-order valence-electron chi connectivity index (χ0n) is 19.2. The summed E-state index contributed by atoms with van der Waals surface area (Å²) in [5.74, 6) is 0.242. The third-order valence-corrected chi connectivity index (χ3v) is 6.74. The average molecular weight is 507 g/mol. The number of pyridine rings is 2. The quantitative estimate of drug-likeness (QED) is 0.141. The van der Waals surface area contributed by atoms with Gasteiger partial charge in [-0.3, -0.25) is 23.5 Å². The summed E-state index contributed by atoms with van der Waals surface area (Å²) in [5.41, 5.74) is 7.91. The number of nitrogens with zero attached hydrogens (tertiary/aromatic N) is 5. The van der Waals surface area contributed by atoms with Gasteiger partial charge in [0.15, 0.2) is 0 Å². The standard InChI is InChI=1S/C23H22N8O4S/c1-12-10-17-15(28-20(12)31(34)35)7-9-30(17)23(33)16-5-4-14(11-26-16)27-22-18(21(32)29-36-22)19(24)25-8-6-13-2-3-13/h4-5,7,9-11,13,27H,2-3,6,8H2,1H3,(H2,24,25)(H,29,32). The largest absolute Gasteiger partial charge is 0.383 e. The molecule has 0 radical (unpaired) electrons. The Morgan fingerprint density at radius 1 is 1.39 bits per heavy atom. The summed E-state index contributed by atoms with van der Waals surface area (Å²) in [6, 6.07) is 6.31. The van der Waals surface area contributed by atoms with Crippen molar-refractivity contribution in [3.05, 3.63) is 73.9 Å². The Bertz CT molecular complexity index is 1560. The molecule has 1 aliphatic carbocycles. The summed E-state index contributed by atoms with van der Waals surface area (Å²) in [6.07, 6.45) is 6.40. The molecule has 1 saturated carbocycles. The maximum Gasteiger partial charge on any atom is 0.367 e. The van der Waals surface area contributed by atoms with Crippen LogP contribution < -0.4 is 16.6 Å². The number of aryl methyl sites for hydroxylation is 1. The lowest BCUT2D eigenvalue weighted by Gasteiger charge is -2.07. The molecule has 0 amide bonds. The van der Waals surface area contributed by atoms with E-state index in [4.69, 9.17) is 5.73 Å². The van der Waals surface area contributed by atoms with Crippen molar-refractivity contribution in [2.75, 3.05) is 11.9 Å². The first-order valence-electron chi connectivity index (χ1n) is 11.2. The number of aromatic amines is 1. The van der Waals surface area contributed by atoms with E-state index in [2.05, 4.69) is 24.7 Å². The van der Waals surface area contributed by atoms with Crippen LogP contribution in [0, 0.1) is 23.0 Å². The zero-order chi connectivity index (χ0) is 25.4. The highest BCUT2D eigenvalue weighted by Gasteiger charge is 2.22. The molecule has 0 atom stereocenters. The minimum atomic E-state index is -0.554. The molecule has 1 aliphatic rings. The highest BCUT2D eigenvalue weighted by atomic mass is 32.1. The van der Waals surface area contributed by atoms with Gasteiger partial charge in [0.1, 0.15) is 27.6 Å². The molecule has 4 aromatic heterocycles. The molecule has 0 aromatic carbocycles. The van der Waals surface area contributed by atoms with Crippen molar-refractivity contribution >= 4 is 50.8 Å². The fourth-order valence-electron chi connectivity index (χ4n) is 3.83. The monoisotopic (exact) mass is 506 g/mol. The normalized spacial score (nSPS) is 13.8. The molecule has 0 aliphatic heterocycles. The lowest BCUT2D eigenvalue weighted by molar-refractivity contribution is -0.389. The van der Waals surface area contributed by atoms with E-state index >= 15 is 0 Å². The summed E-state index contributed by atoms with van der Waals surface area (Å²) in [4.78, 5) is 48.6. The van der Waals surface area contributed by atoms with Gasteiger partial charge >= 0.3 is 5.82 Å². The van der Waals surface area contributed by atoms with Crippen LogP contribution in [-0.2, 0) is 0 Å². The maximum atomic E-state index is 13.1. The van der Waals surface area contributed by atoms with E-state index in [-0.39, 0.29) is 28.5 Å². The van der Waals surface area contributed by atoms with Gasteiger partial charge in [-0.15, -0.1) is 0 Å². The van der Waals surface area contributed by atoms with Gasteiger partial charge in [-0.25, -0.2) is 4.98 Å². The third kappa shape index (κ3) is 4.60. The van der Waals surface area contributed by atoms with Crippen LogP contribution in [0.25, 0.3) is 11.0 Å². The van der Waals surface area contributed by atoms with E-state index in [9.17, 15) is 19.7 Å². The number of carbonyl (C=O) groups excluding carboxylic acids is 1.